The topological polar surface area (TPSA) is 205 Å². The maximum atomic E-state index is 13.0. The number of imidazole rings is 1. The maximum absolute atomic E-state index is 13.0. The van der Waals surface area contributed by atoms with Gasteiger partial charge in [-0.3, -0.25) is 14.5 Å². The molecule has 14 nitrogen and oxygen atoms in total. The Labute approximate surface area is 213 Å². The Kier molecular flexibility index (Phi) is 7.18. The molecule has 192 valence electrons. The summed E-state index contributed by atoms with van der Waals surface area (Å²) < 4.78 is 3.45. The number of aliphatic hydroxyl groups is 1. The first-order valence-electron chi connectivity index (χ1n) is 10.6. The van der Waals surface area contributed by atoms with Gasteiger partial charge in [0.25, 0.3) is 17.6 Å². The van der Waals surface area contributed by atoms with E-state index < -0.39 is 29.2 Å². The number of aliphatic carboxylic acids is 1. The van der Waals surface area contributed by atoms with E-state index in [4.69, 9.17) is 16.3 Å². The number of carboxylic acid groups (broad SMARTS) is 1. The molecule has 4 heterocycles. The van der Waals surface area contributed by atoms with Crippen LogP contribution in [0.25, 0.3) is 0 Å². The van der Waals surface area contributed by atoms with Crippen LogP contribution in [0, 0.1) is 6.92 Å². The highest BCUT2D eigenvalue weighted by molar-refractivity contribution is 8.00. The molecule has 2 aromatic rings. The van der Waals surface area contributed by atoms with Crippen molar-refractivity contribution in [3.8, 4) is 0 Å². The van der Waals surface area contributed by atoms with Gasteiger partial charge in [-0.05, 0) is 0 Å². The monoisotopic (exact) mass is 536 g/mol. The molecule has 1 fully saturated rings. The number of hydrogen-bond acceptors (Lipinski definition) is 12. The lowest BCUT2D eigenvalue weighted by molar-refractivity contribution is -0.694. The first-order valence-corrected chi connectivity index (χ1v) is 12.6. The Bertz CT molecular complexity index is 1290. The van der Waals surface area contributed by atoms with E-state index in [9.17, 15) is 24.6 Å². The third-order valence-corrected chi connectivity index (χ3v) is 7.79. The average molecular weight is 537 g/mol. The number of thiazole rings is 1. The number of carbonyl (C=O) groups is 3. The van der Waals surface area contributed by atoms with Crippen molar-refractivity contribution < 1.29 is 34.0 Å². The van der Waals surface area contributed by atoms with Crippen LogP contribution in [0.1, 0.15) is 11.5 Å². The molecule has 0 saturated carbocycles. The van der Waals surface area contributed by atoms with E-state index in [1.54, 1.807) is 22.3 Å². The molecule has 4 rings (SSSR count). The molecule has 1 saturated heterocycles. The number of hydrogen-bond donors (Lipinski definition) is 4. The molecule has 2 aromatic heterocycles. The van der Waals surface area contributed by atoms with Crippen molar-refractivity contribution in [1.29, 1.82) is 0 Å². The number of aromatic nitrogens is 3. The largest absolute Gasteiger partial charge is 0.543 e. The van der Waals surface area contributed by atoms with Crippen molar-refractivity contribution >= 4 is 57.5 Å². The highest BCUT2D eigenvalue weighted by atomic mass is 32.2. The van der Waals surface area contributed by atoms with E-state index >= 15 is 0 Å². The SMILES string of the molecule is CO/N=C(\C(=O)N[C@@H]1C(=O)N2C(C(=O)[O-])=C(C[n+]3cc(N)n(CCO)c3C)CS[C@H]12)c1csc(N)n1. The summed E-state index contributed by atoms with van der Waals surface area (Å²) >= 11 is 2.43. The van der Waals surface area contributed by atoms with Gasteiger partial charge in [0.15, 0.2) is 17.0 Å². The maximum Gasteiger partial charge on any atom is 0.276 e. The number of nitrogen functional groups attached to an aromatic ring is 2. The van der Waals surface area contributed by atoms with E-state index in [1.165, 1.54) is 24.3 Å². The number of aliphatic hydroxyl groups excluding tert-OH is 1. The van der Waals surface area contributed by atoms with Gasteiger partial charge in [-0.1, -0.05) is 5.16 Å². The summed E-state index contributed by atoms with van der Waals surface area (Å²) in [5, 5.41) is 28.7. The van der Waals surface area contributed by atoms with Crippen LogP contribution in [0.3, 0.4) is 0 Å². The van der Waals surface area contributed by atoms with E-state index in [1.807, 2.05) is 0 Å². The highest BCUT2D eigenvalue weighted by Gasteiger charge is 2.53. The molecule has 0 aromatic carbocycles. The predicted molar refractivity (Wildman–Crippen MR) is 128 cm³/mol. The van der Waals surface area contributed by atoms with E-state index in [0.717, 1.165) is 16.2 Å². The zero-order valence-electron chi connectivity index (χ0n) is 19.3. The molecule has 2 aliphatic heterocycles. The number of nitrogens with one attached hydrogen (secondary N) is 1. The summed E-state index contributed by atoms with van der Waals surface area (Å²) in [6.45, 7) is 2.14. The van der Waals surface area contributed by atoms with E-state index in [-0.39, 0.29) is 41.1 Å². The van der Waals surface area contributed by atoms with Crippen molar-refractivity contribution in [3.63, 3.8) is 0 Å². The number of amides is 2. The third kappa shape index (κ3) is 4.49. The molecule has 0 bridgehead atoms. The lowest BCUT2D eigenvalue weighted by Crippen LogP contribution is -2.71. The fourth-order valence-electron chi connectivity index (χ4n) is 4.12. The number of carboxylic acids is 1. The van der Waals surface area contributed by atoms with Crippen LogP contribution in [0.5, 0.6) is 0 Å². The fourth-order valence-corrected chi connectivity index (χ4v) is 6.00. The van der Waals surface area contributed by atoms with Crippen LogP contribution in [0.15, 0.2) is 28.0 Å². The minimum absolute atomic E-state index is 0.105. The summed E-state index contributed by atoms with van der Waals surface area (Å²) in [4.78, 5) is 47.8. The Hall–Kier alpha value is -3.63. The van der Waals surface area contributed by atoms with Gasteiger partial charge >= 0.3 is 0 Å². The first-order chi connectivity index (χ1) is 17.2. The molecule has 6 N–H and O–H groups in total. The smallest absolute Gasteiger partial charge is 0.276 e. The van der Waals surface area contributed by atoms with Crippen LogP contribution in [0.4, 0.5) is 10.9 Å². The molecule has 0 spiro atoms. The van der Waals surface area contributed by atoms with Gasteiger partial charge in [-0.2, -0.15) is 0 Å². The summed E-state index contributed by atoms with van der Waals surface area (Å²) in [5.74, 6) is -1.39. The predicted octanol–water partition coefficient (Wildman–Crippen LogP) is -2.85. The zero-order valence-corrected chi connectivity index (χ0v) is 21.0. The molecule has 36 heavy (non-hydrogen) atoms. The third-order valence-electron chi connectivity index (χ3n) is 5.78. The average Bonchev–Trinajstić information content (AvgIpc) is 3.38. The second-order valence-corrected chi connectivity index (χ2v) is 9.89. The second kappa shape index (κ2) is 10.2. The number of nitrogens with zero attached hydrogens (tertiary/aromatic N) is 5. The second-order valence-electron chi connectivity index (χ2n) is 7.90. The first kappa shape index (κ1) is 25.5. The Morgan fingerprint density at radius 1 is 1.44 bits per heavy atom. The van der Waals surface area contributed by atoms with Crippen molar-refractivity contribution in [2.45, 2.75) is 31.4 Å². The van der Waals surface area contributed by atoms with Crippen molar-refractivity contribution in [3.05, 3.63) is 34.4 Å². The number of carbonyl (C=O) groups excluding carboxylic acids is 3. The number of β-lactam (4-membered cyclic amide) rings is 1. The number of rotatable bonds is 9. The molecule has 0 unspecified atom stereocenters. The van der Waals surface area contributed by atoms with Crippen molar-refractivity contribution in [1.82, 2.24) is 19.8 Å². The molecule has 0 aliphatic carbocycles. The molecule has 2 aliphatic rings. The Morgan fingerprint density at radius 2 is 2.19 bits per heavy atom. The van der Waals surface area contributed by atoms with Gasteiger partial charge in [0.2, 0.25) is 5.82 Å². The zero-order chi connectivity index (χ0) is 26.1. The standard InChI is InChI=1S/C20H24N8O6S2/c1-9-26(6-12(21)27(9)3-4-29)5-10-7-35-18-14(17(31)28(18)15(10)19(32)33)24-16(30)13(25-34-2)11-8-36-20(22)23-11/h6,8,14,18,29H,3-5,7,21H2,1-2H3,(H3-,22,23,24,30,32,33)/b25-13-/t14-,18-/m1/s1. The minimum atomic E-state index is -1.49. The number of nitrogens with two attached hydrogens (primary N) is 2. The summed E-state index contributed by atoms with van der Waals surface area (Å²) in [6.07, 6.45) is 1.64. The van der Waals surface area contributed by atoms with E-state index in [0.29, 0.717) is 23.8 Å². The van der Waals surface area contributed by atoms with Gasteiger partial charge in [0.1, 0.15) is 37.3 Å². The Morgan fingerprint density at radius 3 is 2.81 bits per heavy atom. The fraction of sp³-hybridized carbons (Fsp3) is 0.400. The molecule has 16 heteroatoms. The number of fused-ring (bicyclic) bond motifs is 1. The van der Waals surface area contributed by atoms with Gasteiger partial charge < -0.3 is 36.6 Å². The van der Waals surface area contributed by atoms with E-state index in [2.05, 4.69) is 15.5 Å². The number of thioether (sulfide) groups is 1. The van der Waals surface area contributed by atoms with Gasteiger partial charge in [0.05, 0.1) is 18.3 Å². The molecule has 2 amide bonds. The molecule has 0 radical (unpaired) electrons. The lowest BCUT2D eigenvalue weighted by atomic mass is 10.0. The van der Waals surface area contributed by atoms with Gasteiger partial charge in [-0.15, -0.1) is 23.1 Å². The molecular weight excluding hydrogens is 512 g/mol. The van der Waals surface area contributed by atoms with Crippen LogP contribution in [0.2, 0.25) is 0 Å². The van der Waals surface area contributed by atoms with Gasteiger partial charge in [0, 0.05) is 23.6 Å². The number of anilines is 2. The van der Waals surface area contributed by atoms with Crippen LogP contribution in [-0.4, -0.2) is 73.9 Å². The number of oxime groups is 1. The van der Waals surface area contributed by atoms with Gasteiger partial charge in [-0.25, -0.2) is 14.1 Å². The summed E-state index contributed by atoms with van der Waals surface area (Å²) in [7, 11) is 1.26. The highest BCUT2D eigenvalue weighted by Crippen LogP contribution is 2.40. The lowest BCUT2D eigenvalue weighted by Gasteiger charge is -2.50. The van der Waals surface area contributed by atoms with Crippen LogP contribution in [-0.2, 0) is 32.3 Å². The normalized spacial score (nSPS) is 19.7. The minimum Gasteiger partial charge on any atom is -0.543 e. The quantitative estimate of drug-likeness (QED) is 0.112. The molecule has 2 atom stereocenters. The summed E-state index contributed by atoms with van der Waals surface area (Å²) in [6, 6.07) is -0.980. The molecular formula is C20H24N8O6S2. The Balaban J connectivity index is 1.55. The summed E-state index contributed by atoms with van der Waals surface area (Å²) in [5.41, 5.74) is 11.9. The van der Waals surface area contributed by atoms with Crippen molar-refractivity contribution in [2.24, 2.45) is 5.16 Å². The van der Waals surface area contributed by atoms with Crippen LogP contribution < -0.4 is 26.5 Å². The van der Waals surface area contributed by atoms with Crippen molar-refractivity contribution in [2.75, 3.05) is 30.9 Å². The van der Waals surface area contributed by atoms with Crippen LogP contribution >= 0.6 is 23.1 Å².